The molecule has 0 spiro atoms. The normalized spacial score (nSPS) is 21.5. The largest absolute Gasteiger partial charge is 0.496 e. The summed E-state index contributed by atoms with van der Waals surface area (Å²) in [6, 6.07) is 15.4. The minimum Gasteiger partial charge on any atom is -0.496 e. The number of benzene rings is 2. The number of rotatable bonds is 4. The van der Waals surface area contributed by atoms with Gasteiger partial charge < -0.3 is 19.3 Å². The van der Waals surface area contributed by atoms with Gasteiger partial charge in [-0.1, -0.05) is 35.9 Å². The van der Waals surface area contributed by atoms with Crippen molar-refractivity contribution >= 4 is 11.8 Å². The predicted octanol–water partition coefficient (Wildman–Crippen LogP) is 2.72. The summed E-state index contributed by atoms with van der Waals surface area (Å²) in [6.07, 6.45) is 0. The molecule has 2 heterocycles. The van der Waals surface area contributed by atoms with E-state index in [-0.39, 0.29) is 23.7 Å². The lowest BCUT2D eigenvalue weighted by Crippen LogP contribution is -2.45. The van der Waals surface area contributed by atoms with Crippen molar-refractivity contribution in [1.29, 1.82) is 0 Å². The number of nitrogens with zero attached hydrogens (tertiary/aromatic N) is 2. The highest BCUT2D eigenvalue weighted by Gasteiger charge is 2.43. The molecular weight excluding hydrogens is 380 g/mol. The van der Waals surface area contributed by atoms with E-state index >= 15 is 0 Å². The van der Waals surface area contributed by atoms with E-state index in [1.54, 1.807) is 7.11 Å². The van der Waals surface area contributed by atoms with Crippen molar-refractivity contribution in [1.82, 2.24) is 9.80 Å². The van der Waals surface area contributed by atoms with Gasteiger partial charge in [-0.05, 0) is 30.7 Å². The highest BCUT2D eigenvalue weighted by Crippen LogP contribution is 2.39. The van der Waals surface area contributed by atoms with E-state index in [1.165, 1.54) is 0 Å². The minimum atomic E-state index is -0.297. The number of hydrogen-bond acceptors (Lipinski definition) is 4. The van der Waals surface area contributed by atoms with E-state index in [0.717, 1.165) is 16.9 Å². The molecule has 0 N–H and O–H groups in total. The van der Waals surface area contributed by atoms with Gasteiger partial charge in [0.25, 0.3) is 5.91 Å². The van der Waals surface area contributed by atoms with Crippen LogP contribution >= 0.6 is 0 Å². The van der Waals surface area contributed by atoms with Gasteiger partial charge in [-0.15, -0.1) is 0 Å². The molecule has 30 heavy (non-hydrogen) atoms. The van der Waals surface area contributed by atoms with Crippen LogP contribution in [0.5, 0.6) is 5.75 Å². The molecule has 0 saturated carbocycles. The molecule has 2 fully saturated rings. The lowest BCUT2D eigenvalue weighted by atomic mass is 9.87. The molecular formula is C24H28N2O4. The van der Waals surface area contributed by atoms with Gasteiger partial charge in [0.1, 0.15) is 5.75 Å². The highest BCUT2D eigenvalue weighted by molar-refractivity contribution is 5.95. The second-order valence-electron chi connectivity index (χ2n) is 7.97. The van der Waals surface area contributed by atoms with Crippen LogP contribution in [-0.2, 0) is 9.53 Å². The Hall–Kier alpha value is -2.86. The summed E-state index contributed by atoms with van der Waals surface area (Å²) >= 11 is 0. The molecule has 2 amide bonds. The number of hydrogen-bond donors (Lipinski definition) is 0. The van der Waals surface area contributed by atoms with Crippen LogP contribution in [0.25, 0.3) is 0 Å². The Bertz CT molecular complexity index is 906. The van der Waals surface area contributed by atoms with E-state index in [1.807, 2.05) is 65.3 Å². The molecule has 2 aromatic carbocycles. The van der Waals surface area contributed by atoms with Gasteiger partial charge in [-0.25, -0.2) is 0 Å². The molecule has 0 aromatic heterocycles. The summed E-state index contributed by atoms with van der Waals surface area (Å²) in [6.45, 7) is 5.21. The van der Waals surface area contributed by atoms with Crippen molar-refractivity contribution in [3.8, 4) is 5.75 Å². The smallest absolute Gasteiger partial charge is 0.253 e. The van der Waals surface area contributed by atoms with Crippen LogP contribution in [0.2, 0.25) is 0 Å². The van der Waals surface area contributed by atoms with Crippen LogP contribution in [-0.4, -0.2) is 68.1 Å². The molecule has 2 saturated heterocycles. The van der Waals surface area contributed by atoms with Crippen LogP contribution in [0, 0.1) is 12.8 Å². The van der Waals surface area contributed by atoms with E-state index in [9.17, 15) is 9.59 Å². The topological polar surface area (TPSA) is 59.1 Å². The SMILES string of the molecule is COc1ccccc1[C@@H]1CN(C(=O)c2ccc(C)cc2)C[C@@H]1C(=O)N1CCOCC1. The summed E-state index contributed by atoms with van der Waals surface area (Å²) in [4.78, 5) is 30.3. The average molecular weight is 408 g/mol. The first-order chi connectivity index (χ1) is 14.6. The van der Waals surface area contributed by atoms with Crippen molar-refractivity contribution in [3.63, 3.8) is 0 Å². The van der Waals surface area contributed by atoms with Gasteiger partial charge in [0.05, 0.1) is 26.2 Å². The van der Waals surface area contributed by atoms with Crippen LogP contribution in [0.15, 0.2) is 48.5 Å². The lowest BCUT2D eigenvalue weighted by molar-refractivity contribution is -0.139. The second-order valence-corrected chi connectivity index (χ2v) is 7.97. The quantitative estimate of drug-likeness (QED) is 0.781. The maximum Gasteiger partial charge on any atom is 0.253 e. The summed E-state index contributed by atoms with van der Waals surface area (Å²) in [5.41, 5.74) is 2.74. The van der Waals surface area contributed by atoms with Crippen LogP contribution < -0.4 is 4.74 Å². The van der Waals surface area contributed by atoms with Crippen molar-refractivity contribution in [2.24, 2.45) is 5.92 Å². The Morgan fingerprint density at radius 2 is 1.67 bits per heavy atom. The number of amides is 2. The zero-order valence-corrected chi connectivity index (χ0v) is 17.5. The van der Waals surface area contributed by atoms with Gasteiger partial charge >= 0.3 is 0 Å². The zero-order valence-electron chi connectivity index (χ0n) is 17.5. The molecule has 4 rings (SSSR count). The molecule has 0 unspecified atom stereocenters. The van der Waals surface area contributed by atoms with E-state index in [0.29, 0.717) is 45.0 Å². The number of morpholine rings is 1. The Labute approximate surface area is 177 Å². The van der Waals surface area contributed by atoms with Gasteiger partial charge in [0, 0.05) is 37.7 Å². The van der Waals surface area contributed by atoms with Crippen LogP contribution in [0.4, 0.5) is 0 Å². The number of aryl methyl sites for hydroxylation is 1. The molecule has 2 aliphatic heterocycles. The standard InChI is InChI=1S/C24H28N2O4/c1-17-7-9-18(10-8-17)23(27)26-15-20(19-5-3-4-6-22(19)29-2)21(16-26)24(28)25-11-13-30-14-12-25/h3-10,20-21H,11-16H2,1-2H3/t20-,21-/m0/s1. The molecule has 0 bridgehead atoms. The first-order valence-electron chi connectivity index (χ1n) is 10.4. The van der Waals surface area contributed by atoms with Gasteiger partial charge in [0.2, 0.25) is 5.91 Å². The second kappa shape index (κ2) is 8.88. The maximum atomic E-state index is 13.4. The third-order valence-corrected chi connectivity index (χ3v) is 6.08. The fraction of sp³-hybridized carbons (Fsp3) is 0.417. The predicted molar refractivity (Wildman–Crippen MR) is 114 cm³/mol. The third kappa shape index (κ3) is 4.05. The number of para-hydroxylation sites is 1. The van der Waals surface area contributed by atoms with Crippen LogP contribution in [0.3, 0.4) is 0 Å². The van der Waals surface area contributed by atoms with E-state index in [2.05, 4.69) is 0 Å². The molecule has 158 valence electrons. The fourth-order valence-corrected chi connectivity index (χ4v) is 4.40. The van der Waals surface area contributed by atoms with Crippen molar-refractivity contribution in [2.45, 2.75) is 12.8 Å². The Morgan fingerprint density at radius 3 is 2.37 bits per heavy atom. The molecule has 6 heteroatoms. The molecule has 0 aliphatic carbocycles. The molecule has 0 radical (unpaired) electrons. The summed E-state index contributed by atoms with van der Waals surface area (Å²) in [7, 11) is 1.64. The Balaban J connectivity index is 1.63. The third-order valence-electron chi connectivity index (χ3n) is 6.08. The van der Waals surface area contributed by atoms with E-state index < -0.39 is 0 Å². The molecule has 6 nitrogen and oxygen atoms in total. The van der Waals surface area contributed by atoms with E-state index in [4.69, 9.17) is 9.47 Å². The van der Waals surface area contributed by atoms with Crippen molar-refractivity contribution in [2.75, 3.05) is 46.5 Å². The molecule has 2 aliphatic rings. The van der Waals surface area contributed by atoms with Crippen molar-refractivity contribution < 1.29 is 19.1 Å². The summed E-state index contributed by atoms with van der Waals surface area (Å²) in [5, 5.41) is 0. The zero-order chi connectivity index (χ0) is 21.1. The summed E-state index contributed by atoms with van der Waals surface area (Å²) in [5.74, 6) is 0.409. The molecule has 2 atom stereocenters. The fourth-order valence-electron chi connectivity index (χ4n) is 4.40. The van der Waals surface area contributed by atoms with Gasteiger partial charge in [-0.2, -0.15) is 0 Å². The van der Waals surface area contributed by atoms with Gasteiger partial charge in [0.15, 0.2) is 0 Å². The number of ether oxygens (including phenoxy) is 2. The number of carbonyl (C=O) groups excluding carboxylic acids is 2. The van der Waals surface area contributed by atoms with Crippen molar-refractivity contribution in [3.05, 3.63) is 65.2 Å². The number of likely N-dealkylation sites (tertiary alicyclic amines) is 1. The average Bonchev–Trinajstić information content (AvgIpc) is 3.24. The molecule has 2 aromatic rings. The summed E-state index contributed by atoms with van der Waals surface area (Å²) < 4.78 is 11.0. The first kappa shape index (κ1) is 20.4. The Morgan fingerprint density at radius 1 is 0.967 bits per heavy atom. The van der Waals surface area contributed by atoms with Gasteiger partial charge in [-0.3, -0.25) is 9.59 Å². The number of carbonyl (C=O) groups is 2. The Kier molecular flexibility index (Phi) is 6.04. The van der Waals surface area contributed by atoms with Crippen LogP contribution in [0.1, 0.15) is 27.4 Å². The minimum absolute atomic E-state index is 0.0350. The highest BCUT2D eigenvalue weighted by atomic mass is 16.5. The first-order valence-corrected chi connectivity index (χ1v) is 10.4. The monoisotopic (exact) mass is 408 g/mol. The lowest BCUT2D eigenvalue weighted by Gasteiger charge is -2.31. The number of methoxy groups -OCH3 is 1. The maximum absolute atomic E-state index is 13.4.